The molecule has 8 nitrogen and oxygen atoms in total. The Morgan fingerprint density at radius 2 is 1.81 bits per heavy atom. The SMILES string of the molecule is COc1ccc(OC)c(CN2CCN(C(=O)c3cccnc3N3CCOCC3)CC2)c1. The van der Waals surface area contributed by atoms with E-state index in [1.807, 2.05) is 35.2 Å². The number of carbonyl (C=O) groups excluding carboxylic acids is 1. The van der Waals surface area contributed by atoms with E-state index in [2.05, 4.69) is 14.8 Å². The largest absolute Gasteiger partial charge is 0.497 e. The van der Waals surface area contributed by atoms with Gasteiger partial charge in [0, 0.05) is 57.6 Å². The predicted molar refractivity (Wildman–Crippen MR) is 118 cm³/mol. The van der Waals surface area contributed by atoms with Crippen LogP contribution in [0.25, 0.3) is 0 Å². The third-order valence-electron chi connectivity index (χ3n) is 5.87. The van der Waals surface area contributed by atoms with Gasteiger partial charge in [0.25, 0.3) is 5.91 Å². The van der Waals surface area contributed by atoms with Gasteiger partial charge in [0.2, 0.25) is 0 Å². The Morgan fingerprint density at radius 1 is 1.03 bits per heavy atom. The minimum Gasteiger partial charge on any atom is -0.497 e. The molecule has 1 amide bonds. The van der Waals surface area contributed by atoms with Crippen LogP contribution in [0.15, 0.2) is 36.5 Å². The van der Waals surface area contributed by atoms with Crippen molar-refractivity contribution in [3.63, 3.8) is 0 Å². The van der Waals surface area contributed by atoms with Crippen molar-refractivity contribution in [2.75, 3.05) is 71.6 Å². The molecule has 8 heteroatoms. The van der Waals surface area contributed by atoms with E-state index in [-0.39, 0.29) is 5.91 Å². The van der Waals surface area contributed by atoms with Crippen molar-refractivity contribution in [1.82, 2.24) is 14.8 Å². The second-order valence-corrected chi connectivity index (χ2v) is 7.72. The smallest absolute Gasteiger partial charge is 0.257 e. The third kappa shape index (κ3) is 4.91. The Kier molecular flexibility index (Phi) is 6.89. The molecule has 1 aromatic carbocycles. The number of carbonyl (C=O) groups is 1. The number of hydrogen-bond acceptors (Lipinski definition) is 7. The van der Waals surface area contributed by atoms with Crippen LogP contribution in [0, 0.1) is 0 Å². The number of anilines is 1. The topological polar surface area (TPSA) is 67.4 Å². The average Bonchev–Trinajstić information content (AvgIpc) is 2.84. The van der Waals surface area contributed by atoms with Gasteiger partial charge in [0.1, 0.15) is 17.3 Å². The Bertz CT molecular complexity index is 893. The summed E-state index contributed by atoms with van der Waals surface area (Å²) in [5.41, 5.74) is 1.76. The van der Waals surface area contributed by atoms with Crippen LogP contribution in [0.5, 0.6) is 11.5 Å². The van der Waals surface area contributed by atoms with Gasteiger partial charge in [-0.25, -0.2) is 4.98 Å². The van der Waals surface area contributed by atoms with Gasteiger partial charge in [0.05, 0.1) is 33.0 Å². The van der Waals surface area contributed by atoms with E-state index < -0.39 is 0 Å². The van der Waals surface area contributed by atoms with Crippen LogP contribution in [0.3, 0.4) is 0 Å². The maximum Gasteiger partial charge on any atom is 0.257 e. The summed E-state index contributed by atoms with van der Waals surface area (Å²) < 4.78 is 16.3. The lowest BCUT2D eigenvalue weighted by atomic mass is 10.1. The number of aromatic nitrogens is 1. The van der Waals surface area contributed by atoms with E-state index in [0.717, 1.165) is 55.6 Å². The molecule has 31 heavy (non-hydrogen) atoms. The molecule has 4 rings (SSSR count). The van der Waals surface area contributed by atoms with E-state index in [1.165, 1.54) is 0 Å². The molecule has 0 spiro atoms. The lowest BCUT2D eigenvalue weighted by molar-refractivity contribution is 0.0626. The van der Waals surface area contributed by atoms with Crippen LogP contribution >= 0.6 is 0 Å². The van der Waals surface area contributed by atoms with Crippen LogP contribution in [0.4, 0.5) is 5.82 Å². The first kappa shape index (κ1) is 21.4. The lowest BCUT2D eigenvalue weighted by Crippen LogP contribution is -2.48. The van der Waals surface area contributed by atoms with Crippen LogP contribution in [-0.2, 0) is 11.3 Å². The van der Waals surface area contributed by atoms with E-state index >= 15 is 0 Å². The predicted octanol–water partition coefficient (Wildman–Crippen LogP) is 1.89. The number of nitrogens with zero attached hydrogens (tertiary/aromatic N) is 4. The quantitative estimate of drug-likeness (QED) is 0.699. The Hall–Kier alpha value is -2.84. The standard InChI is InChI=1S/C23H30N4O4/c1-29-19-5-6-21(30-2)18(16-19)17-25-8-10-27(11-9-25)23(28)20-4-3-7-24-22(20)26-12-14-31-15-13-26/h3-7,16H,8-15,17H2,1-2H3. The molecule has 2 fully saturated rings. The molecule has 1 aromatic heterocycles. The van der Waals surface area contributed by atoms with Crippen molar-refractivity contribution >= 4 is 11.7 Å². The molecule has 0 bridgehead atoms. The highest BCUT2D eigenvalue weighted by molar-refractivity contribution is 5.99. The number of ether oxygens (including phenoxy) is 3. The number of morpholine rings is 1. The van der Waals surface area contributed by atoms with Crippen molar-refractivity contribution in [2.45, 2.75) is 6.54 Å². The van der Waals surface area contributed by atoms with Crippen molar-refractivity contribution in [1.29, 1.82) is 0 Å². The molecule has 3 heterocycles. The van der Waals surface area contributed by atoms with Crippen molar-refractivity contribution in [2.24, 2.45) is 0 Å². The summed E-state index contributed by atoms with van der Waals surface area (Å²) >= 11 is 0. The number of benzene rings is 1. The molecule has 0 saturated carbocycles. The highest BCUT2D eigenvalue weighted by atomic mass is 16.5. The number of amides is 1. The molecule has 0 atom stereocenters. The molecule has 0 aliphatic carbocycles. The summed E-state index contributed by atoms with van der Waals surface area (Å²) in [6.45, 7) is 6.58. The average molecular weight is 427 g/mol. The molecule has 2 aliphatic heterocycles. The van der Waals surface area contributed by atoms with Crippen molar-refractivity contribution in [3.05, 3.63) is 47.7 Å². The molecule has 2 aromatic rings. The molecule has 0 N–H and O–H groups in total. The minimum absolute atomic E-state index is 0.0493. The third-order valence-corrected chi connectivity index (χ3v) is 5.87. The number of rotatable bonds is 6. The van der Waals surface area contributed by atoms with Crippen LogP contribution in [0.1, 0.15) is 15.9 Å². The zero-order valence-electron chi connectivity index (χ0n) is 18.2. The normalized spacial score (nSPS) is 17.5. The molecule has 166 valence electrons. The first-order valence-electron chi connectivity index (χ1n) is 10.7. The maximum absolute atomic E-state index is 13.3. The van der Waals surface area contributed by atoms with Crippen LogP contribution in [0.2, 0.25) is 0 Å². The lowest BCUT2D eigenvalue weighted by Gasteiger charge is -2.36. The van der Waals surface area contributed by atoms with Gasteiger partial charge in [0.15, 0.2) is 0 Å². The monoisotopic (exact) mass is 426 g/mol. The van der Waals surface area contributed by atoms with Crippen molar-refractivity contribution < 1.29 is 19.0 Å². The first-order chi connectivity index (χ1) is 15.2. The van der Waals surface area contributed by atoms with Gasteiger partial charge >= 0.3 is 0 Å². The zero-order chi connectivity index (χ0) is 21.6. The molecule has 2 aliphatic rings. The molecule has 2 saturated heterocycles. The van der Waals surface area contributed by atoms with Crippen LogP contribution in [-0.4, -0.2) is 87.4 Å². The summed E-state index contributed by atoms with van der Waals surface area (Å²) in [7, 11) is 3.35. The summed E-state index contributed by atoms with van der Waals surface area (Å²) in [6.07, 6.45) is 1.75. The van der Waals surface area contributed by atoms with E-state index in [9.17, 15) is 4.79 Å². The van der Waals surface area contributed by atoms with Gasteiger partial charge in [-0.1, -0.05) is 0 Å². The number of hydrogen-bond donors (Lipinski definition) is 0. The Morgan fingerprint density at radius 3 is 2.52 bits per heavy atom. The molecular formula is C23H30N4O4. The van der Waals surface area contributed by atoms with Crippen molar-refractivity contribution in [3.8, 4) is 11.5 Å². The molecular weight excluding hydrogens is 396 g/mol. The molecule has 0 radical (unpaired) electrons. The minimum atomic E-state index is 0.0493. The van der Waals surface area contributed by atoms with Gasteiger partial charge in [-0.05, 0) is 30.3 Å². The fraction of sp³-hybridized carbons (Fsp3) is 0.478. The highest BCUT2D eigenvalue weighted by Crippen LogP contribution is 2.26. The second-order valence-electron chi connectivity index (χ2n) is 7.72. The fourth-order valence-corrected chi connectivity index (χ4v) is 4.12. The number of pyridine rings is 1. The summed E-state index contributed by atoms with van der Waals surface area (Å²) in [4.78, 5) is 24.2. The zero-order valence-corrected chi connectivity index (χ0v) is 18.2. The van der Waals surface area contributed by atoms with E-state index in [1.54, 1.807) is 20.4 Å². The van der Waals surface area contributed by atoms with Gasteiger partial charge in [-0.15, -0.1) is 0 Å². The Balaban J connectivity index is 1.40. The fourth-order valence-electron chi connectivity index (χ4n) is 4.12. The number of piperazine rings is 1. The molecule has 0 unspecified atom stereocenters. The number of methoxy groups -OCH3 is 2. The van der Waals surface area contributed by atoms with E-state index in [4.69, 9.17) is 14.2 Å². The highest BCUT2D eigenvalue weighted by Gasteiger charge is 2.27. The second kappa shape index (κ2) is 9.98. The van der Waals surface area contributed by atoms with E-state index in [0.29, 0.717) is 31.9 Å². The summed E-state index contributed by atoms with van der Waals surface area (Å²) in [5, 5.41) is 0. The maximum atomic E-state index is 13.3. The Labute approximate surface area is 183 Å². The first-order valence-corrected chi connectivity index (χ1v) is 10.7. The van der Waals surface area contributed by atoms with Crippen LogP contribution < -0.4 is 14.4 Å². The van der Waals surface area contributed by atoms with Gasteiger partial charge in [-0.3, -0.25) is 9.69 Å². The summed E-state index contributed by atoms with van der Waals surface area (Å²) in [5.74, 6) is 2.48. The van der Waals surface area contributed by atoms with Gasteiger partial charge < -0.3 is 24.0 Å². The van der Waals surface area contributed by atoms with Gasteiger partial charge in [-0.2, -0.15) is 0 Å². The summed E-state index contributed by atoms with van der Waals surface area (Å²) in [6, 6.07) is 9.57.